The number of nitrogens with zero attached hydrogens (tertiary/aromatic N) is 2. The van der Waals surface area contributed by atoms with Gasteiger partial charge in [-0.05, 0) is 24.3 Å². The van der Waals surface area contributed by atoms with Gasteiger partial charge >= 0.3 is 5.13 Å². The predicted molar refractivity (Wildman–Crippen MR) is 98.8 cm³/mol. The second kappa shape index (κ2) is 7.35. The van der Waals surface area contributed by atoms with Crippen molar-refractivity contribution in [2.24, 2.45) is 0 Å². The lowest BCUT2D eigenvalue weighted by molar-refractivity contribution is -0.563. The van der Waals surface area contributed by atoms with Gasteiger partial charge in [0, 0.05) is 16.4 Å². The van der Waals surface area contributed by atoms with E-state index in [9.17, 15) is 0 Å². The molecular weight excluding hydrogens is 416 g/mol. The highest BCUT2D eigenvalue weighted by Crippen LogP contribution is 2.26. The van der Waals surface area contributed by atoms with E-state index in [1.54, 1.807) is 0 Å². The van der Waals surface area contributed by atoms with Crippen LogP contribution in [0, 0.1) is 5.41 Å². The Labute approximate surface area is 163 Å². The molecule has 0 amide bonds. The Kier molecular flexibility index (Phi) is 5.17. The first-order valence-corrected chi connectivity index (χ1v) is 9.17. The van der Waals surface area contributed by atoms with Crippen molar-refractivity contribution in [3.8, 4) is 22.8 Å². The molecule has 4 aromatic rings. The first-order valence-electron chi connectivity index (χ1n) is 7.41. The third-order valence-electron chi connectivity index (χ3n) is 3.77. The van der Waals surface area contributed by atoms with Crippen LogP contribution in [0.5, 0.6) is 0 Å². The van der Waals surface area contributed by atoms with E-state index < -0.39 is 0 Å². The molecule has 0 aliphatic carbocycles. The maximum atomic E-state index is 8.30. The number of nitrogen functional groups attached to an aromatic ring is 1. The minimum atomic E-state index is 0. The minimum Gasteiger partial charge on any atom is -1.00 e. The molecule has 0 spiro atoms. The largest absolute Gasteiger partial charge is 1.00 e. The Morgan fingerprint density at radius 3 is 2.20 bits per heavy atom. The molecule has 0 aliphatic heterocycles. The van der Waals surface area contributed by atoms with Gasteiger partial charge < -0.3 is 17.0 Å². The van der Waals surface area contributed by atoms with Crippen molar-refractivity contribution >= 4 is 27.8 Å². The van der Waals surface area contributed by atoms with E-state index in [2.05, 4.69) is 0 Å². The van der Waals surface area contributed by atoms with Gasteiger partial charge in [-0.3, -0.25) is 15.7 Å². The Balaban J connectivity index is 0.00000182. The van der Waals surface area contributed by atoms with E-state index in [-0.39, 0.29) is 17.0 Å². The van der Waals surface area contributed by atoms with E-state index in [0.717, 1.165) is 22.8 Å². The summed E-state index contributed by atoms with van der Waals surface area (Å²) in [6, 6.07) is 20.0. The maximum Gasteiger partial charge on any atom is 0.337 e. The van der Waals surface area contributed by atoms with Crippen molar-refractivity contribution in [2.75, 3.05) is 5.73 Å². The molecule has 0 radical (unpaired) electrons. The van der Waals surface area contributed by atoms with Crippen LogP contribution in [0.1, 0.15) is 0 Å². The first-order chi connectivity index (χ1) is 11.8. The van der Waals surface area contributed by atoms with Crippen molar-refractivity contribution in [2.45, 2.75) is 0 Å². The summed E-state index contributed by atoms with van der Waals surface area (Å²) in [6.45, 7) is 0. The molecule has 0 aliphatic rings. The van der Waals surface area contributed by atoms with Gasteiger partial charge in [-0.25, -0.2) is 0 Å². The van der Waals surface area contributed by atoms with Crippen LogP contribution in [-0.4, -0.2) is 4.57 Å². The van der Waals surface area contributed by atoms with Crippen LogP contribution in [0.15, 0.2) is 71.4 Å². The van der Waals surface area contributed by atoms with Crippen LogP contribution >= 0.6 is 22.7 Å². The van der Waals surface area contributed by atoms with Crippen molar-refractivity contribution in [3.63, 3.8) is 0 Å². The lowest BCUT2D eigenvalue weighted by atomic mass is 10.2. The van der Waals surface area contributed by atoms with Gasteiger partial charge in [-0.2, -0.15) is 4.57 Å². The highest BCUT2D eigenvalue weighted by molar-refractivity contribution is 7.13. The molecule has 126 valence electrons. The fourth-order valence-electron chi connectivity index (χ4n) is 2.69. The molecular formula is C18H15BrN4S2. The van der Waals surface area contributed by atoms with Crippen molar-refractivity contribution in [1.82, 2.24) is 4.57 Å². The molecule has 25 heavy (non-hydrogen) atoms. The topological polar surface area (TPSA) is 58.7 Å². The standard InChI is InChI=1S/C18H14N4S2.BrH/c19-17-21(13-7-3-1-4-8-13)15(11-23-17)16-12-24-18(20)22(16)14-9-5-2-6-10-14;/h1-12,19-20H;1H. The molecule has 2 aromatic heterocycles. The molecule has 0 fully saturated rings. The zero-order chi connectivity index (χ0) is 16.5. The maximum absolute atomic E-state index is 8.30. The number of anilines is 1. The molecule has 0 atom stereocenters. The van der Waals surface area contributed by atoms with Crippen LogP contribution < -0.4 is 32.1 Å². The number of hydrogen-bond donors (Lipinski definition) is 2. The molecule has 0 saturated carbocycles. The molecule has 7 heteroatoms. The highest BCUT2D eigenvalue weighted by Gasteiger charge is 2.22. The lowest BCUT2D eigenvalue weighted by Crippen LogP contribution is -3.00. The number of para-hydroxylation sites is 2. The molecule has 3 N–H and O–H groups in total. The number of hydrogen-bond acceptors (Lipinski definition) is 4. The minimum absolute atomic E-state index is 0. The zero-order valence-electron chi connectivity index (χ0n) is 13.1. The number of nitrogens with one attached hydrogen (secondary N) is 1. The van der Waals surface area contributed by atoms with Crippen LogP contribution in [-0.2, 0) is 0 Å². The van der Waals surface area contributed by atoms with Gasteiger partial charge in [0.1, 0.15) is 11.4 Å². The number of benzene rings is 2. The van der Waals surface area contributed by atoms with Crippen molar-refractivity contribution in [1.29, 1.82) is 5.41 Å². The van der Waals surface area contributed by atoms with Crippen LogP contribution in [0.25, 0.3) is 22.8 Å². The van der Waals surface area contributed by atoms with Crippen molar-refractivity contribution < 1.29 is 21.5 Å². The van der Waals surface area contributed by atoms with Gasteiger partial charge in [-0.1, -0.05) is 47.7 Å². The Morgan fingerprint density at radius 2 is 1.52 bits per heavy atom. The second-order valence-corrected chi connectivity index (χ2v) is 6.97. The normalized spacial score (nSPS) is 10.4. The third-order valence-corrected chi connectivity index (χ3v) is 5.28. The molecule has 2 heterocycles. The smallest absolute Gasteiger partial charge is 0.337 e. The van der Waals surface area contributed by atoms with Gasteiger partial charge in [-0.15, -0.1) is 11.3 Å². The molecule has 2 aromatic carbocycles. The Bertz CT molecular complexity index is 1040. The average molecular weight is 431 g/mol. The summed E-state index contributed by atoms with van der Waals surface area (Å²) in [5.74, 6) is 0. The number of nitrogens with two attached hydrogens (primary N) is 1. The molecule has 0 bridgehead atoms. The van der Waals surface area contributed by atoms with Gasteiger partial charge in [0.05, 0.1) is 0 Å². The fraction of sp³-hybridized carbons (Fsp3) is 0. The summed E-state index contributed by atoms with van der Waals surface area (Å²) in [5.41, 5.74) is 10.2. The average Bonchev–Trinajstić information content (AvgIpc) is 3.19. The summed E-state index contributed by atoms with van der Waals surface area (Å²) in [4.78, 5) is 0.487. The van der Waals surface area contributed by atoms with E-state index in [1.165, 1.54) is 22.7 Å². The summed E-state index contributed by atoms with van der Waals surface area (Å²) >= 11 is 2.92. The van der Waals surface area contributed by atoms with E-state index in [0.29, 0.717) is 9.93 Å². The molecule has 4 nitrogen and oxygen atoms in total. The monoisotopic (exact) mass is 430 g/mol. The van der Waals surface area contributed by atoms with Gasteiger partial charge in [0.15, 0.2) is 10.5 Å². The number of rotatable bonds is 3. The predicted octanol–water partition coefficient (Wildman–Crippen LogP) is 0.610. The van der Waals surface area contributed by atoms with Gasteiger partial charge in [0.25, 0.3) is 0 Å². The summed E-state index contributed by atoms with van der Waals surface area (Å²) in [5, 5.41) is 13.1. The summed E-state index contributed by atoms with van der Waals surface area (Å²) in [7, 11) is 0. The highest BCUT2D eigenvalue weighted by atomic mass is 79.9. The molecule has 4 rings (SSSR count). The number of aromatic nitrogens is 2. The van der Waals surface area contributed by atoms with Gasteiger partial charge in [0.2, 0.25) is 0 Å². The Hall–Kier alpha value is -2.22. The number of halogens is 1. The SMILES string of the molecule is N=c1scc(-c2csc(N)[n+]2-c2ccccc2)n1-c1ccccc1.[Br-]. The van der Waals surface area contributed by atoms with Crippen LogP contribution in [0.2, 0.25) is 0 Å². The van der Waals surface area contributed by atoms with Crippen LogP contribution in [0.3, 0.4) is 0 Å². The Morgan fingerprint density at radius 1 is 0.880 bits per heavy atom. The quantitative estimate of drug-likeness (QED) is 0.459. The second-order valence-electron chi connectivity index (χ2n) is 5.23. The molecule has 0 saturated heterocycles. The molecule has 0 unspecified atom stereocenters. The van der Waals surface area contributed by atoms with Crippen molar-refractivity contribution in [3.05, 3.63) is 76.2 Å². The van der Waals surface area contributed by atoms with Crippen LogP contribution in [0.4, 0.5) is 5.13 Å². The third kappa shape index (κ3) is 3.18. The van der Waals surface area contributed by atoms with E-state index in [1.807, 2.05) is 80.6 Å². The summed E-state index contributed by atoms with van der Waals surface area (Å²) < 4.78 is 3.98. The lowest BCUT2D eigenvalue weighted by Gasteiger charge is -2.08. The van der Waals surface area contributed by atoms with E-state index in [4.69, 9.17) is 11.1 Å². The van der Waals surface area contributed by atoms with E-state index >= 15 is 0 Å². The zero-order valence-corrected chi connectivity index (χ0v) is 16.3. The number of thiazole rings is 2. The first kappa shape index (κ1) is 17.6. The fourth-order valence-corrected chi connectivity index (χ4v) is 4.22. The summed E-state index contributed by atoms with van der Waals surface area (Å²) in [6.07, 6.45) is 0.